The van der Waals surface area contributed by atoms with Gasteiger partial charge < -0.3 is 9.47 Å². The predicted molar refractivity (Wildman–Crippen MR) is 80.8 cm³/mol. The molecular formula is C15H12Cl2N2O2. The highest BCUT2D eigenvalue weighted by Gasteiger charge is 2.12. The first-order chi connectivity index (χ1) is 10.2. The lowest BCUT2D eigenvalue weighted by molar-refractivity contribution is 0.284. The molecule has 0 amide bonds. The molecule has 2 rings (SSSR count). The predicted octanol–water partition coefficient (Wildman–Crippen LogP) is 3.93. The summed E-state index contributed by atoms with van der Waals surface area (Å²) in [6.45, 7) is 0.257. The van der Waals surface area contributed by atoms with Crippen molar-refractivity contribution in [1.82, 2.24) is 4.98 Å². The first-order valence-electron chi connectivity index (χ1n) is 6.08. The summed E-state index contributed by atoms with van der Waals surface area (Å²) < 4.78 is 11.0. The molecule has 0 fully saturated rings. The summed E-state index contributed by atoms with van der Waals surface area (Å²) in [4.78, 5) is 3.90. The largest absolute Gasteiger partial charge is 0.493 e. The molecule has 6 heteroatoms. The van der Waals surface area contributed by atoms with Crippen LogP contribution in [-0.2, 0) is 12.5 Å². The van der Waals surface area contributed by atoms with Gasteiger partial charge in [-0.3, -0.25) is 0 Å². The van der Waals surface area contributed by atoms with Crippen LogP contribution in [0.3, 0.4) is 0 Å². The highest BCUT2D eigenvalue weighted by molar-refractivity contribution is 6.32. The molecule has 4 nitrogen and oxygen atoms in total. The number of nitriles is 1. The Morgan fingerprint density at radius 2 is 2.10 bits per heavy atom. The normalized spacial score (nSPS) is 10.0. The van der Waals surface area contributed by atoms with E-state index in [2.05, 4.69) is 4.98 Å². The topological polar surface area (TPSA) is 55.1 Å². The Kier molecular flexibility index (Phi) is 5.26. The molecule has 1 aromatic carbocycles. The van der Waals surface area contributed by atoms with Crippen LogP contribution >= 0.6 is 23.2 Å². The average molecular weight is 323 g/mol. The first kappa shape index (κ1) is 15.4. The minimum absolute atomic E-state index is 0.257. The smallest absolute Gasteiger partial charge is 0.180 e. The van der Waals surface area contributed by atoms with Gasteiger partial charge in [0.2, 0.25) is 0 Å². The minimum atomic E-state index is 0.257. The Balaban J connectivity index is 2.21. The lowest BCUT2D eigenvalue weighted by atomic mass is 10.2. The van der Waals surface area contributed by atoms with E-state index in [1.54, 1.807) is 30.5 Å². The van der Waals surface area contributed by atoms with Crippen molar-refractivity contribution in [3.8, 4) is 17.6 Å². The molecule has 0 unspecified atom stereocenters. The van der Waals surface area contributed by atoms with Crippen molar-refractivity contribution in [2.45, 2.75) is 12.5 Å². The average Bonchev–Trinajstić information content (AvgIpc) is 2.53. The quantitative estimate of drug-likeness (QED) is 0.782. The molecule has 1 aromatic heterocycles. The van der Waals surface area contributed by atoms with Crippen molar-refractivity contribution in [3.63, 3.8) is 0 Å². The molecule has 0 aliphatic carbocycles. The number of hydrogen-bond acceptors (Lipinski definition) is 4. The second-order valence-electron chi connectivity index (χ2n) is 4.19. The summed E-state index contributed by atoms with van der Waals surface area (Å²) in [7, 11) is 1.54. The first-order valence-corrected chi connectivity index (χ1v) is 6.99. The molecule has 0 radical (unpaired) electrons. The summed E-state index contributed by atoms with van der Waals surface area (Å²) in [5.41, 5.74) is 2.01. The van der Waals surface area contributed by atoms with Gasteiger partial charge in [-0.1, -0.05) is 11.6 Å². The Morgan fingerprint density at radius 3 is 2.76 bits per heavy atom. The van der Waals surface area contributed by atoms with Crippen molar-refractivity contribution >= 4 is 23.2 Å². The fourth-order valence-electron chi connectivity index (χ4n) is 1.77. The van der Waals surface area contributed by atoms with E-state index >= 15 is 0 Å². The second kappa shape index (κ2) is 7.16. The molecular weight excluding hydrogens is 311 g/mol. The van der Waals surface area contributed by atoms with Crippen molar-refractivity contribution in [2.24, 2.45) is 0 Å². The molecule has 0 saturated heterocycles. The molecule has 2 aromatic rings. The van der Waals surface area contributed by atoms with Crippen LogP contribution in [0.1, 0.15) is 16.8 Å². The minimum Gasteiger partial charge on any atom is -0.493 e. The summed E-state index contributed by atoms with van der Waals surface area (Å²) in [6, 6.07) is 8.93. The number of methoxy groups -OCH3 is 1. The number of pyridine rings is 1. The maximum Gasteiger partial charge on any atom is 0.180 e. The molecule has 0 spiro atoms. The summed E-state index contributed by atoms with van der Waals surface area (Å²) in [5, 5.41) is 9.25. The SMILES string of the molecule is COc1cc(CCl)cc(Cl)c1OCc1ccnc(C#N)c1. The second-order valence-corrected chi connectivity index (χ2v) is 4.87. The third-order valence-corrected chi connectivity index (χ3v) is 3.35. The van der Waals surface area contributed by atoms with Crippen LogP contribution in [0.4, 0.5) is 0 Å². The van der Waals surface area contributed by atoms with E-state index in [1.807, 2.05) is 6.07 Å². The van der Waals surface area contributed by atoms with E-state index in [9.17, 15) is 0 Å². The number of hydrogen-bond donors (Lipinski definition) is 0. The van der Waals surface area contributed by atoms with E-state index in [0.717, 1.165) is 11.1 Å². The van der Waals surface area contributed by atoms with E-state index in [0.29, 0.717) is 28.1 Å². The molecule has 0 N–H and O–H groups in total. The number of nitrogens with zero attached hydrogens (tertiary/aromatic N) is 2. The van der Waals surface area contributed by atoms with Crippen molar-refractivity contribution in [2.75, 3.05) is 7.11 Å². The number of ether oxygens (including phenoxy) is 2. The van der Waals surface area contributed by atoms with E-state index in [-0.39, 0.29) is 6.61 Å². The molecule has 21 heavy (non-hydrogen) atoms. The zero-order chi connectivity index (χ0) is 15.2. The summed E-state index contributed by atoms with van der Waals surface area (Å²) >= 11 is 12.0. The Labute approximate surface area is 132 Å². The van der Waals surface area contributed by atoms with Gasteiger partial charge in [0.15, 0.2) is 11.5 Å². The van der Waals surface area contributed by atoms with Crippen molar-refractivity contribution in [1.29, 1.82) is 5.26 Å². The van der Waals surface area contributed by atoms with Crippen LogP contribution in [0.5, 0.6) is 11.5 Å². The molecule has 0 saturated carbocycles. The maximum atomic E-state index is 8.82. The summed E-state index contributed by atoms with van der Waals surface area (Å²) in [6.07, 6.45) is 1.56. The van der Waals surface area contributed by atoms with Gasteiger partial charge in [-0.2, -0.15) is 5.26 Å². The van der Waals surface area contributed by atoms with Crippen molar-refractivity contribution < 1.29 is 9.47 Å². The van der Waals surface area contributed by atoms with Crippen LogP contribution in [0, 0.1) is 11.3 Å². The zero-order valence-electron chi connectivity index (χ0n) is 11.3. The van der Waals surface area contributed by atoms with Crippen LogP contribution in [0.15, 0.2) is 30.5 Å². The van der Waals surface area contributed by atoms with Crippen LogP contribution in [0.2, 0.25) is 5.02 Å². The fraction of sp³-hybridized carbons (Fsp3) is 0.200. The van der Waals surface area contributed by atoms with Crippen LogP contribution < -0.4 is 9.47 Å². The number of benzene rings is 1. The molecule has 0 aliphatic rings. The van der Waals surface area contributed by atoms with Gasteiger partial charge in [0.25, 0.3) is 0 Å². The number of alkyl halides is 1. The molecule has 108 valence electrons. The Bertz CT molecular complexity index is 684. The fourth-order valence-corrected chi connectivity index (χ4v) is 2.21. The maximum absolute atomic E-state index is 8.82. The van der Waals surface area contributed by atoms with Crippen LogP contribution in [0.25, 0.3) is 0 Å². The number of aromatic nitrogens is 1. The van der Waals surface area contributed by atoms with Gasteiger partial charge >= 0.3 is 0 Å². The zero-order valence-corrected chi connectivity index (χ0v) is 12.8. The van der Waals surface area contributed by atoms with Gasteiger partial charge in [0.05, 0.1) is 12.1 Å². The standard InChI is InChI=1S/C15H12Cl2N2O2/c1-20-14-6-11(7-16)5-13(17)15(14)21-9-10-2-3-19-12(4-10)8-18/h2-6H,7,9H2,1H3. The molecule has 0 bridgehead atoms. The van der Waals surface area contributed by atoms with Gasteiger partial charge in [-0.25, -0.2) is 4.98 Å². The molecule has 0 atom stereocenters. The van der Waals surface area contributed by atoms with E-state index in [4.69, 9.17) is 37.9 Å². The van der Waals surface area contributed by atoms with Gasteiger partial charge in [0, 0.05) is 12.1 Å². The Morgan fingerprint density at radius 1 is 1.29 bits per heavy atom. The lowest BCUT2D eigenvalue weighted by Crippen LogP contribution is -2.00. The van der Waals surface area contributed by atoms with Gasteiger partial charge in [-0.05, 0) is 35.4 Å². The van der Waals surface area contributed by atoms with Crippen molar-refractivity contribution in [3.05, 3.63) is 52.3 Å². The number of rotatable bonds is 5. The highest BCUT2D eigenvalue weighted by Crippen LogP contribution is 2.37. The van der Waals surface area contributed by atoms with Gasteiger partial charge in [0.1, 0.15) is 18.4 Å². The lowest BCUT2D eigenvalue weighted by Gasteiger charge is -2.13. The summed E-state index contributed by atoms with van der Waals surface area (Å²) in [5.74, 6) is 1.31. The van der Waals surface area contributed by atoms with Crippen LogP contribution in [-0.4, -0.2) is 12.1 Å². The van der Waals surface area contributed by atoms with E-state index < -0.39 is 0 Å². The third kappa shape index (κ3) is 3.78. The molecule has 0 aliphatic heterocycles. The van der Waals surface area contributed by atoms with E-state index in [1.165, 1.54) is 7.11 Å². The highest BCUT2D eigenvalue weighted by atomic mass is 35.5. The Hall–Kier alpha value is -1.96. The van der Waals surface area contributed by atoms with Gasteiger partial charge in [-0.15, -0.1) is 11.6 Å². The molecule has 1 heterocycles. The third-order valence-electron chi connectivity index (χ3n) is 2.77. The monoisotopic (exact) mass is 322 g/mol. The number of halogens is 2.